The van der Waals surface area contributed by atoms with Gasteiger partial charge in [0.15, 0.2) is 0 Å². The molecule has 0 aromatic carbocycles. The van der Waals surface area contributed by atoms with E-state index in [2.05, 4.69) is 26.8 Å². The standard InChI is InChI=1S/C15H20N4S/c1-10-7-16-12(3)14(18-10)19-6-4-5-13(9-19)15-17-8-11(2)20-15/h7-8,13H,4-6,9H2,1-3H3. The Balaban J connectivity index is 1.83. The highest BCUT2D eigenvalue weighted by Gasteiger charge is 2.25. The fourth-order valence-corrected chi connectivity index (χ4v) is 3.66. The first-order chi connectivity index (χ1) is 9.63. The van der Waals surface area contributed by atoms with Crippen molar-refractivity contribution in [3.63, 3.8) is 0 Å². The van der Waals surface area contributed by atoms with Crippen LogP contribution in [-0.2, 0) is 0 Å². The molecule has 3 rings (SSSR count). The highest BCUT2D eigenvalue weighted by atomic mass is 32.1. The summed E-state index contributed by atoms with van der Waals surface area (Å²) in [7, 11) is 0. The van der Waals surface area contributed by atoms with Crippen molar-refractivity contribution in [2.45, 2.75) is 39.5 Å². The molecule has 1 atom stereocenters. The molecule has 0 aliphatic carbocycles. The van der Waals surface area contributed by atoms with Crippen LogP contribution in [0.5, 0.6) is 0 Å². The zero-order valence-corrected chi connectivity index (χ0v) is 13.1. The number of anilines is 1. The lowest BCUT2D eigenvalue weighted by molar-refractivity contribution is 0.504. The molecule has 0 amide bonds. The minimum Gasteiger partial charge on any atom is -0.354 e. The molecule has 5 heteroatoms. The summed E-state index contributed by atoms with van der Waals surface area (Å²) in [4.78, 5) is 17.3. The predicted molar refractivity (Wildman–Crippen MR) is 82.5 cm³/mol. The number of rotatable bonds is 2. The average molecular weight is 288 g/mol. The number of nitrogens with zero attached hydrogens (tertiary/aromatic N) is 4. The smallest absolute Gasteiger partial charge is 0.150 e. The monoisotopic (exact) mass is 288 g/mol. The third kappa shape index (κ3) is 2.68. The Labute approximate surface area is 123 Å². The van der Waals surface area contributed by atoms with Gasteiger partial charge in [-0.15, -0.1) is 11.3 Å². The van der Waals surface area contributed by atoms with Crippen LogP contribution in [0.4, 0.5) is 5.82 Å². The Kier molecular flexibility index (Phi) is 3.70. The van der Waals surface area contributed by atoms with Gasteiger partial charge in [-0.3, -0.25) is 4.98 Å². The van der Waals surface area contributed by atoms with Gasteiger partial charge in [0, 0.05) is 36.3 Å². The van der Waals surface area contributed by atoms with E-state index in [1.165, 1.54) is 22.7 Å². The zero-order valence-electron chi connectivity index (χ0n) is 12.3. The van der Waals surface area contributed by atoms with E-state index in [-0.39, 0.29) is 0 Å². The van der Waals surface area contributed by atoms with Gasteiger partial charge < -0.3 is 4.90 Å². The molecule has 3 heterocycles. The van der Waals surface area contributed by atoms with E-state index >= 15 is 0 Å². The molecule has 4 nitrogen and oxygen atoms in total. The first kappa shape index (κ1) is 13.5. The van der Waals surface area contributed by atoms with Crippen molar-refractivity contribution in [3.8, 4) is 0 Å². The fourth-order valence-electron chi connectivity index (χ4n) is 2.76. The van der Waals surface area contributed by atoms with Crippen molar-refractivity contribution in [3.05, 3.63) is 33.7 Å². The second-order valence-corrected chi connectivity index (χ2v) is 6.78. The van der Waals surface area contributed by atoms with Crippen LogP contribution in [0.1, 0.15) is 40.0 Å². The molecule has 0 N–H and O–H groups in total. The molecule has 0 spiro atoms. The lowest BCUT2D eigenvalue weighted by atomic mass is 9.98. The topological polar surface area (TPSA) is 41.9 Å². The summed E-state index contributed by atoms with van der Waals surface area (Å²) in [6, 6.07) is 0. The first-order valence-corrected chi connectivity index (χ1v) is 7.92. The summed E-state index contributed by atoms with van der Waals surface area (Å²) in [5.74, 6) is 1.58. The minimum absolute atomic E-state index is 0.532. The van der Waals surface area contributed by atoms with Gasteiger partial charge in [-0.2, -0.15) is 0 Å². The summed E-state index contributed by atoms with van der Waals surface area (Å²) in [5, 5.41) is 1.27. The van der Waals surface area contributed by atoms with Crippen molar-refractivity contribution in [2.24, 2.45) is 0 Å². The Morgan fingerprint density at radius 2 is 2.05 bits per heavy atom. The molecule has 1 aliphatic heterocycles. The predicted octanol–water partition coefficient (Wildman–Crippen LogP) is 3.24. The molecule has 20 heavy (non-hydrogen) atoms. The van der Waals surface area contributed by atoms with Crippen LogP contribution in [-0.4, -0.2) is 28.0 Å². The maximum Gasteiger partial charge on any atom is 0.150 e. The Bertz CT molecular complexity index is 608. The maximum atomic E-state index is 4.68. The number of aryl methyl sites for hydroxylation is 3. The van der Waals surface area contributed by atoms with Crippen molar-refractivity contribution in [1.82, 2.24) is 15.0 Å². The molecule has 0 radical (unpaired) electrons. The van der Waals surface area contributed by atoms with Crippen LogP contribution in [0.15, 0.2) is 12.4 Å². The van der Waals surface area contributed by atoms with Gasteiger partial charge in [0.05, 0.1) is 16.4 Å². The summed E-state index contributed by atoms with van der Waals surface area (Å²) in [6.45, 7) is 8.24. The van der Waals surface area contributed by atoms with Crippen LogP contribution in [0.25, 0.3) is 0 Å². The Morgan fingerprint density at radius 1 is 1.20 bits per heavy atom. The summed E-state index contributed by atoms with van der Waals surface area (Å²) < 4.78 is 0. The van der Waals surface area contributed by atoms with Gasteiger partial charge in [0.1, 0.15) is 5.82 Å². The van der Waals surface area contributed by atoms with Crippen LogP contribution < -0.4 is 4.90 Å². The molecule has 1 saturated heterocycles. The average Bonchev–Trinajstić information content (AvgIpc) is 2.88. The fraction of sp³-hybridized carbons (Fsp3) is 0.533. The van der Waals surface area contributed by atoms with E-state index < -0.39 is 0 Å². The highest BCUT2D eigenvalue weighted by molar-refractivity contribution is 7.11. The van der Waals surface area contributed by atoms with Gasteiger partial charge in [0.2, 0.25) is 0 Å². The third-order valence-corrected chi connectivity index (χ3v) is 4.84. The molecular formula is C15H20N4S. The lowest BCUT2D eigenvalue weighted by Crippen LogP contribution is -2.35. The van der Waals surface area contributed by atoms with Crippen molar-refractivity contribution < 1.29 is 0 Å². The van der Waals surface area contributed by atoms with Crippen molar-refractivity contribution in [2.75, 3.05) is 18.0 Å². The summed E-state index contributed by atoms with van der Waals surface area (Å²) in [6.07, 6.45) is 6.24. The molecule has 1 unspecified atom stereocenters. The van der Waals surface area contributed by atoms with Gasteiger partial charge in [-0.05, 0) is 33.6 Å². The normalized spacial score (nSPS) is 19.4. The van der Waals surface area contributed by atoms with Gasteiger partial charge in [0.25, 0.3) is 0 Å². The van der Waals surface area contributed by atoms with E-state index in [4.69, 9.17) is 0 Å². The lowest BCUT2D eigenvalue weighted by Gasteiger charge is -2.33. The van der Waals surface area contributed by atoms with E-state index in [0.29, 0.717) is 5.92 Å². The van der Waals surface area contributed by atoms with E-state index in [0.717, 1.165) is 30.3 Å². The van der Waals surface area contributed by atoms with Crippen molar-refractivity contribution in [1.29, 1.82) is 0 Å². The van der Waals surface area contributed by atoms with Crippen LogP contribution in [0.2, 0.25) is 0 Å². The number of thiazole rings is 1. The third-order valence-electron chi connectivity index (χ3n) is 3.76. The van der Waals surface area contributed by atoms with Gasteiger partial charge in [-0.1, -0.05) is 0 Å². The van der Waals surface area contributed by atoms with E-state index in [9.17, 15) is 0 Å². The van der Waals surface area contributed by atoms with E-state index in [1.54, 1.807) is 0 Å². The molecule has 0 saturated carbocycles. The molecule has 0 bridgehead atoms. The number of aromatic nitrogens is 3. The SMILES string of the molecule is Cc1cnc(C)c(N2CCCC(c3ncc(C)s3)C2)n1. The molecular weight excluding hydrogens is 268 g/mol. The first-order valence-electron chi connectivity index (χ1n) is 7.11. The largest absolute Gasteiger partial charge is 0.354 e. The van der Waals surface area contributed by atoms with Crippen LogP contribution in [0, 0.1) is 20.8 Å². The molecule has 2 aromatic heterocycles. The Hall–Kier alpha value is -1.49. The zero-order chi connectivity index (χ0) is 14.1. The second-order valence-electron chi connectivity index (χ2n) is 5.51. The van der Waals surface area contributed by atoms with Crippen molar-refractivity contribution >= 4 is 17.2 Å². The number of piperidine rings is 1. The van der Waals surface area contributed by atoms with Gasteiger partial charge in [-0.25, -0.2) is 9.97 Å². The summed E-state index contributed by atoms with van der Waals surface area (Å²) in [5.41, 5.74) is 2.00. The molecule has 1 aliphatic rings. The van der Waals surface area contributed by atoms with Crippen LogP contribution in [0.3, 0.4) is 0 Å². The molecule has 1 fully saturated rings. The number of hydrogen-bond acceptors (Lipinski definition) is 5. The Morgan fingerprint density at radius 3 is 2.80 bits per heavy atom. The minimum atomic E-state index is 0.532. The second kappa shape index (κ2) is 5.48. The van der Waals surface area contributed by atoms with Crippen LogP contribution >= 0.6 is 11.3 Å². The molecule has 2 aromatic rings. The molecule has 106 valence electrons. The summed E-state index contributed by atoms with van der Waals surface area (Å²) >= 11 is 1.83. The quantitative estimate of drug-likeness (QED) is 0.850. The van der Waals surface area contributed by atoms with Gasteiger partial charge >= 0.3 is 0 Å². The highest BCUT2D eigenvalue weighted by Crippen LogP contribution is 2.32. The maximum absolute atomic E-state index is 4.68. The number of hydrogen-bond donors (Lipinski definition) is 0. The van der Waals surface area contributed by atoms with E-state index in [1.807, 2.05) is 37.6 Å².